The summed E-state index contributed by atoms with van der Waals surface area (Å²) < 4.78 is 7.39. The van der Waals surface area contributed by atoms with Crippen LogP contribution in [0.3, 0.4) is 0 Å². The summed E-state index contributed by atoms with van der Waals surface area (Å²) in [4.78, 5) is 0. The van der Waals surface area contributed by atoms with Gasteiger partial charge in [0.15, 0.2) is 0 Å². The van der Waals surface area contributed by atoms with E-state index in [1.54, 1.807) is 7.11 Å². The summed E-state index contributed by atoms with van der Waals surface area (Å²) in [7, 11) is 1.65. The van der Waals surface area contributed by atoms with Crippen molar-refractivity contribution >= 4 is 31.9 Å². The highest BCUT2D eigenvalue weighted by Gasteiger charge is 2.14. The third-order valence-electron chi connectivity index (χ3n) is 2.76. The monoisotopic (exact) mass is 369 g/mol. The number of rotatable bonds is 3. The van der Waals surface area contributed by atoms with Gasteiger partial charge in [-0.2, -0.15) is 0 Å². The first-order valence-corrected chi connectivity index (χ1v) is 7.05. The summed E-state index contributed by atoms with van der Waals surface area (Å²) >= 11 is 6.84. The minimum atomic E-state index is -0.193. The van der Waals surface area contributed by atoms with Crippen molar-refractivity contribution in [2.75, 3.05) is 7.11 Å². The summed E-state index contributed by atoms with van der Waals surface area (Å²) in [5.41, 5.74) is 8.31. The van der Waals surface area contributed by atoms with Crippen LogP contribution in [0.2, 0.25) is 0 Å². The van der Waals surface area contributed by atoms with Gasteiger partial charge in [-0.25, -0.2) is 0 Å². The van der Waals surface area contributed by atoms with Gasteiger partial charge in [0.25, 0.3) is 0 Å². The van der Waals surface area contributed by atoms with Gasteiger partial charge in [-0.15, -0.1) is 0 Å². The Bertz CT molecular complexity index is 540. The van der Waals surface area contributed by atoms with E-state index in [4.69, 9.17) is 10.5 Å². The zero-order valence-electron chi connectivity index (χ0n) is 9.86. The van der Waals surface area contributed by atoms with Gasteiger partial charge in [0.05, 0.1) is 13.2 Å². The van der Waals surface area contributed by atoms with Crippen molar-refractivity contribution in [3.8, 4) is 5.75 Å². The van der Waals surface area contributed by atoms with E-state index in [1.807, 2.05) is 42.5 Å². The van der Waals surface area contributed by atoms with Crippen molar-refractivity contribution in [3.05, 3.63) is 62.5 Å². The number of benzene rings is 2. The van der Waals surface area contributed by atoms with Gasteiger partial charge in [-0.1, -0.05) is 50.1 Å². The largest absolute Gasteiger partial charge is 0.496 e. The van der Waals surface area contributed by atoms with Gasteiger partial charge < -0.3 is 10.5 Å². The average molecular weight is 371 g/mol. The summed E-state index contributed by atoms with van der Waals surface area (Å²) in [6, 6.07) is 13.7. The van der Waals surface area contributed by atoms with Gasteiger partial charge in [0, 0.05) is 14.5 Å². The van der Waals surface area contributed by atoms with E-state index in [-0.39, 0.29) is 6.04 Å². The van der Waals surface area contributed by atoms with E-state index in [1.165, 1.54) is 0 Å². The fourth-order valence-corrected chi connectivity index (χ4v) is 2.40. The van der Waals surface area contributed by atoms with Crippen LogP contribution >= 0.6 is 31.9 Å². The molecule has 2 N–H and O–H groups in total. The quantitative estimate of drug-likeness (QED) is 0.875. The molecule has 4 heteroatoms. The molecule has 0 radical (unpaired) electrons. The van der Waals surface area contributed by atoms with Crippen LogP contribution in [0.4, 0.5) is 0 Å². The minimum Gasteiger partial charge on any atom is -0.496 e. The summed E-state index contributed by atoms with van der Waals surface area (Å²) in [6.45, 7) is 0. The molecule has 1 atom stereocenters. The summed E-state index contributed by atoms with van der Waals surface area (Å²) in [5, 5.41) is 0. The number of hydrogen-bond donors (Lipinski definition) is 1. The average Bonchev–Trinajstić information content (AvgIpc) is 2.38. The maximum absolute atomic E-state index is 6.28. The normalized spacial score (nSPS) is 12.2. The molecule has 0 heterocycles. The Kier molecular flexibility index (Phi) is 4.43. The van der Waals surface area contributed by atoms with Gasteiger partial charge in [-0.05, 0) is 29.8 Å². The molecule has 0 saturated heterocycles. The maximum Gasteiger partial charge on any atom is 0.125 e. The molecule has 0 aliphatic heterocycles. The number of halogens is 2. The highest BCUT2D eigenvalue weighted by atomic mass is 79.9. The molecule has 0 amide bonds. The van der Waals surface area contributed by atoms with Crippen molar-refractivity contribution in [2.45, 2.75) is 6.04 Å². The molecule has 0 aliphatic rings. The predicted molar refractivity (Wildman–Crippen MR) is 80.9 cm³/mol. The fourth-order valence-electron chi connectivity index (χ4n) is 1.79. The second kappa shape index (κ2) is 5.87. The van der Waals surface area contributed by atoms with Crippen LogP contribution in [0.5, 0.6) is 5.75 Å². The van der Waals surface area contributed by atoms with E-state index >= 15 is 0 Å². The van der Waals surface area contributed by atoms with Crippen LogP contribution in [-0.2, 0) is 0 Å². The van der Waals surface area contributed by atoms with Gasteiger partial charge in [-0.3, -0.25) is 0 Å². The Morgan fingerprint density at radius 2 is 1.61 bits per heavy atom. The van der Waals surface area contributed by atoms with Crippen LogP contribution in [0, 0.1) is 0 Å². The summed E-state index contributed by atoms with van der Waals surface area (Å²) in [5.74, 6) is 0.791. The number of ether oxygens (including phenoxy) is 1. The van der Waals surface area contributed by atoms with Crippen LogP contribution in [0.15, 0.2) is 51.4 Å². The van der Waals surface area contributed by atoms with Crippen molar-refractivity contribution in [3.63, 3.8) is 0 Å². The molecule has 1 unspecified atom stereocenters. The van der Waals surface area contributed by atoms with Crippen molar-refractivity contribution in [2.24, 2.45) is 5.73 Å². The minimum absolute atomic E-state index is 0.193. The first-order valence-electron chi connectivity index (χ1n) is 5.46. The van der Waals surface area contributed by atoms with E-state index in [0.717, 1.165) is 25.8 Å². The predicted octanol–water partition coefficient (Wildman–Crippen LogP) is 4.27. The molecule has 0 bridgehead atoms. The highest BCUT2D eigenvalue weighted by Crippen LogP contribution is 2.31. The number of methoxy groups -OCH3 is 1. The van der Waals surface area contributed by atoms with Crippen LogP contribution < -0.4 is 10.5 Å². The molecular formula is C14H13Br2NO. The SMILES string of the molecule is COc1cc(Br)ccc1C(N)c1ccc(Br)cc1. The molecule has 2 aromatic carbocycles. The highest BCUT2D eigenvalue weighted by molar-refractivity contribution is 9.10. The first kappa shape index (κ1) is 13.6. The molecule has 2 nitrogen and oxygen atoms in total. The molecule has 0 spiro atoms. The lowest BCUT2D eigenvalue weighted by Gasteiger charge is -2.16. The first-order chi connectivity index (χ1) is 8.61. The Hall–Kier alpha value is -0.840. The Morgan fingerprint density at radius 3 is 2.22 bits per heavy atom. The van der Waals surface area contributed by atoms with Crippen LogP contribution in [0.1, 0.15) is 17.2 Å². The van der Waals surface area contributed by atoms with E-state index in [9.17, 15) is 0 Å². The molecule has 94 valence electrons. The second-order valence-corrected chi connectivity index (χ2v) is 5.75. The van der Waals surface area contributed by atoms with Crippen molar-refractivity contribution < 1.29 is 4.74 Å². The van der Waals surface area contributed by atoms with Gasteiger partial charge in [0.2, 0.25) is 0 Å². The smallest absolute Gasteiger partial charge is 0.125 e. The van der Waals surface area contributed by atoms with Gasteiger partial charge >= 0.3 is 0 Å². The molecule has 18 heavy (non-hydrogen) atoms. The van der Waals surface area contributed by atoms with Gasteiger partial charge in [0.1, 0.15) is 5.75 Å². The Labute approximate surface area is 123 Å². The fraction of sp³-hybridized carbons (Fsp3) is 0.143. The third kappa shape index (κ3) is 2.94. The molecule has 0 fully saturated rings. The zero-order valence-corrected chi connectivity index (χ0v) is 13.0. The molecule has 0 aromatic heterocycles. The Morgan fingerprint density at radius 1 is 1.00 bits per heavy atom. The zero-order chi connectivity index (χ0) is 13.1. The Balaban J connectivity index is 2.39. The van der Waals surface area contributed by atoms with Crippen molar-refractivity contribution in [1.29, 1.82) is 0 Å². The maximum atomic E-state index is 6.28. The second-order valence-electron chi connectivity index (χ2n) is 3.92. The molecular weight excluding hydrogens is 358 g/mol. The molecule has 0 aliphatic carbocycles. The van der Waals surface area contributed by atoms with E-state index < -0.39 is 0 Å². The molecule has 0 saturated carbocycles. The molecule has 2 aromatic rings. The number of nitrogens with two attached hydrogens (primary N) is 1. The lowest BCUT2D eigenvalue weighted by atomic mass is 9.99. The number of hydrogen-bond acceptors (Lipinski definition) is 2. The lowest BCUT2D eigenvalue weighted by molar-refractivity contribution is 0.407. The summed E-state index contributed by atoms with van der Waals surface area (Å²) in [6.07, 6.45) is 0. The van der Waals surface area contributed by atoms with Crippen LogP contribution in [-0.4, -0.2) is 7.11 Å². The molecule has 2 rings (SSSR count). The lowest BCUT2D eigenvalue weighted by Crippen LogP contribution is -2.12. The van der Waals surface area contributed by atoms with Crippen LogP contribution in [0.25, 0.3) is 0 Å². The standard InChI is InChI=1S/C14H13Br2NO/c1-18-13-8-11(16)6-7-12(13)14(17)9-2-4-10(15)5-3-9/h2-8,14H,17H2,1H3. The topological polar surface area (TPSA) is 35.2 Å². The third-order valence-corrected chi connectivity index (χ3v) is 3.78. The van der Waals surface area contributed by atoms with E-state index in [2.05, 4.69) is 31.9 Å². The van der Waals surface area contributed by atoms with Crippen molar-refractivity contribution in [1.82, 2.24) is 0 Å². The van der Waals surface area contributed by atoms with E-state index in [0.29, 0.717) is 0 Å².